The largest absolute Gasteiger partial charge is 0.481 e. The fraction of sp³-hybridized carbons (Fsp3) is 0.882. The van der Waals surface area contributed by atoms with Crippen molar-refractivity contribution in [2.45, 2.75) is 72.4 Å². The van der Waals surface area contributed by atoms with Gasteiger partial charge in [-0.2, -0.15) is 0 Å². The molecular weight excluding hydrogens is 280 g/mol. The normalized spacial score (nSPS) is 24.8. The molecule has 22 heavy (non-hydrogen) atoms. The Morgan fingerprint density at radius 1 is 1.32 bits per heavy atom. The molecule has 0 aromatic carbocycles. The molecule has 1 saturated heterocycles. The fourth-order valence-corrected chi connectivity index (χ4v) is 2.90. The van der Waals surface area contributed by atoms with Gasteiger partial charge in [0.05, 0.1) is 0 Å². The number of carbonyl (C=O) groups excluding carboxylic acids is 1. The third kappa shape index (κ3) is 5.95. The highest BCUT2D eigenvalue weighted by Crippen LogP contribution is 2.25. The van der Waals surface area contributed by atoms with Crippen LogP contribution in [0.1, 0.15) is 60.3 Å². The molecule has 0 aromatic heterocycles. The topological polar surface area (TPSA) is 69.6 Å². The lowest BCUT2D eigenvalue weighted by Gasteiger charge is -2.41. The van der Waals surface area contributed by atoms with Gasteiger partial charge in [0.2, 0.25) is 5.91 Å². The molecule has 0 bridgehead atoms. The third-order valence-electron chi connectivity index (χ3n) is 4.56. The van der Waals surface area contributed by atoms with Crippen LogP contribution in [0.25, 0.3) is 0 Å². The lowest BCUT2D eigenvalue weighted by Crippen LogP contribution is -2.54. The van der Waals surface area contributed by atoms with Gasteiger partial charge in [-0.05, 0) is 32.1 Å². The maximum Gasteiger partial charge on any atom is 0.303 e. The van der Waals surface area contributed by atoms with E-state index in [0.717, 1.165) is 25.9 Å². The Hall–Kier alpha value is -1.10. The Labute approximate surface area is 134 Å². The second-order valence-corrected chi connectivity index (χ2v) is 7.67. The molecule has 1 fully saturated rings. The molecule has 0 saturated carbocycles. The van der Waals surface area contributed by atoms with Crippen molar-refractivity contribution in [2.75, 3.05) is 13.1 Å². The van der Waals surface area contributed by atoms with Crippen molar-refractivity contribution in [3.05, 3.63) is 0 Å². The lowest BCUT2D eigenvalue weighted by molar-refractivity contribution is -0.137. The van der Waals surface area contributed by atoms with E-state index < -0.39 is 11.4 Å². The highest BCUT2D eigenvalue weighted by atomic mass is 16.4. The molecule has 5 nitrogen and oxygen atoms in total. The van der Waals surface area contributed by atoms with Crippen LogP contribution in [0.5, 0.6) is 0 Å². The Bertz CT molecular complexity index is 390. The first-order valence-corrected chi connectivity index (χ1v) is 8.40. The van der Waals surface area contributed by atoms with Gasteiger partial charge < -0.3 is 10.4 Å². The molecule has 1 aliphatic rings. The van der Waals surface area contributed by atoms with Gasteiger partial charge in [0.15, 0.2) is 0 Å². The van der Waals surface area contributed by atoms with E-state index in [1.54, 1.807) is 0 Å². The second kappa shape index (κ2) is 7.95. The number of aliphatic carboxylic acids is 1. The maximum atomic E-state index is 12.2. The van der Waals surface area contributed by atoms with Crippen molar-refractivity contribution < 1.29 is 14.7 Å². The smallest absolute Gasteiger partial charge is 0.303 e. The molecule has 1 rings (SSSR count). The van der Waals surface area contributed by atoms with Gasteiger partial charge in [-0.25, -0.2) is 0 Å². The average molecular weight is 312 g/mol. The molecule has 1 heterocycles. The van der Waals surface area contributed by atoms with E-state index in [2.05, 4.69) is 24.1 Å². The van der Waals surface area contributed by atoms with Crippen molar-refractivity contribution in [3.8, 4) is 0 Å². The molecule has 3 unspecified atom stereocenters. The number of piperidine rings is 1. The zero-order valence-electron chi connectivity index (χ0n) is 14.7. The molecule has 0 spiro atoms. The van der Waals surface area contributed by atoms with Crippen LogP contribution in [-0.2, 0) is 9.59 Å². The second-order valence-electron chi connectivity index (χ2n) is 7.67. The van der Waals surface area contributed by atoms with Crippen LogP contribution in [0.4, 0.5) is 0 Å². The number of carboxylic acid groups (broad SMARTS) is 1. The van der Waals surface area contributed by atoms with Gasteiger partial charge in [-0.1, -0.05) is 27.7 Å². The number of hydrogen-bond donors (Lipinski definition) is 2. The van der Waals surface area contributed by atoms with Crippen molar-refractivity contribution in [2.24, 2.45) is 11.3 Å². The van der Waals surface area contributed by atoms with Gasteiger partial charge >= 0.3 is 5.97 Å². The Morgan fingerprint density at radius 2 is 1.95 bits per heavy atom. The van der Waals surface area contributed by atoms with E-state index in [1.807, 2.05) is 20.8 Å². The Balaban J connectivity index is 2.70. The zero-order valence-corrected chi connectivity index (χ0v) is 14.7. The van der Waals surface area contributed by atoms with Crippen molar-refractivity contribution >= 4 is 11.9 Å². The van der Waals surface area contributed by atoms with Crippen LogP contribution in [-0.4, -0.2) is 47.1 Å². The maximum absolute atomic E-state index is 12.2. The van der Waals surface area contributed by atoms with Crippen LogP contribution < -0.4 is 5.32 Å². The number of rotatable bonds is 6. The summed E-state index contributed by atoms with van der Waals surface area (Å²) < 4.78 is 0. The summed E-state index contributed by atoms with van der Waals surface area (Å²) in [6.07, 6.45) is 2.83. The van der Waals surface area contributed by atoms with Crippen LogP contribution in [0.2, 0.25) is 0 Å². The minimum atomic E-state index is -0.740. The highest BCUT2D eigenvalue weighted by molar-refractivity contribution is 5.81. The van der Waals surface area contributed by atoms with Gasteiger partial charge in [0.25, 0.3) is 0 Å². The summed E-state index contributed by atoms with van der Waals surface area (Å²) in [5.74, 6) is -0.333. The zero-order chi connectivity index (χ0) is 16.9. The van der Waals surface area contributed by atoms with Crippen molar-refractivity contribution in [3.63, 3.8) is 0 Å². The third-order valence-corrected chi connectivity index (χ3v) is 4.56. The first kappa shape index (κ1) is 18.9. The summed E-state index contributed by atoms with van der Waals surface area (Å²) in [5, 5.41) is 12.1. The molecule has 0 radical (unpaired) electrons. The summed E-state index contributed by atoms with van der Waals surface area (Å²) >= 11 is 0. The van der Waals surface area contributed by atoms with Gasteiger partial charge in [0.1, 0.15) is 0 Å². The van der Waals surface area contributed by atoms with Crippen molar-refractivity contribution in [1.29, 1.82) is 0 Å². The molecule has 5 heteroatoms. The molecule has 0 aromatic rings. The predicted octanol–water partition coefficient (Wildman–Crippen LogP) is 2.50. The molecular formula is C17H32N2O3. The standard InChI is InChI=1S/C17H32N2O3/c1-6-12(2)19-10-13(7-8-15(20)21)9-14(11-19)18-16(22)17(3,4)5/h12-14H,6-11H2,1-5H3,(H,18,22)(H,20,21). The van der Waals surface area contributed by atoms with Gasteiger partial charge in [0, 0.05) is 37.0 Å². The van der Waals surface area contributed by atoms with Crippen LogP contribution in [0, 0.1) is 11.3 Å². The van der Waals surface area contributed by atoms with E-state index in [9.17, 15) is 9.59 Å². The van der Waals surface area contributed by atoms with E-state index in [4.69, 9.17) is 5.11 Å². The minimum absolute atomic E-state index is 0.0699. The number of nitrogens with zero attached hydrogens (tertiary/aromatic N) is 1. The Kier molecular flexibility index (Phi) is 6.85. The first-order chi connectivity index (χ1) is 10.1. The summed E-state index contributed by atoms with van der Waals surface area (Å²) in [6, 6.07) is 0.579. The molecule has 128 valence electrons. The molecule has 1 amide bonds. The predicted molar refractivity (Wildman–Crippen MR) is 87.7 cm³/mol. The average Bonchev–Trinajstić information content (AvgIpc) is 2.43. The number of carbonyl (C=O) groups is 2. The SMILES string of the molecule is CCC(C)N1CC(CCC(=O)O)CC(NC(=O)C(C)(C)C)C1. The number of amides is 1. The summed E-state index contributed by atoms with van der Waals surface area (Å²) in [7, 11) is 0. The van der Waals surface area contributed by atoms with E-state index >= 15 is 0 Å². The minimum Gasteiger partial charge on any atom is -0.481 e. The van der Waals surface area contributed by atoms with Gasteiger partial charge in [-0.3, -0.25) is 14.5 Å². The number of nitrogens with one attached hydrogen (secondary N) is 1. The Morgan fingerprint density at radius 3 is 2.45 bits per heavy atom. The van der Waals surface area contributed by atoms with Crippen LogP contribution in [0.3, 0.4) is 0 Å². The first-order valence-electron chi connectivity index (χ1n) is 8.40. The van der Waals surface area contributed by atoms with E-state index in [1.165, 1.54) is 0 Å². The summed E-state index contributed by atoms with van der Waals surface area (Å²) in [5.41, 5.74) is -0.394. The molecule has 2 N–H and O–H groups in total. The highest BCUT2D eigenvalue weighted by Gasteiger charge is 2.32. The number of carboxylic acids is 1. The van der Waals surface area contributed by atoms with Gasteiger partial charge in [-0.15, -0.1) is 0 Å². The summed E-state index contributed by atoms with van der Waals surface area (Å²) in [4.78, 5) is 25.4. The number of likely N-dealkylation sites (tertiary alicyclic amines) is 1. The lowest BCUT2D eigenvalue weighted by atomic mass is 9.88. The summed E-state index contributed by atoms with van der Waals surface area (Å²) in [6.45, 7) is 11.9. The van der Waals surface area contributed by atoms with E-state index in [0.29, 0.717) is 18.4 Å². The fourth-order valence-electron chi connectivity index (χ4n) is 2.90. The monoisotopic (exact) mass is 312 g/mol. The van der Waals surface area contributed by atoms with Crippen LogP contribution in [0.15, 0.2) is 0 Å². The molecule has 3 atom stereocenters. The molecule has 1 aliphatic heterocycles. The van der Waals surface area contributed by atoms with Crippen molar-refractivity contribution in [1.82, 2.24) is 10.2 Å². The van der Waals surface area contributed by atoms with Crippen LogP contribution >= 0.6 is 0 Å². The number of hydrogen-bond acceptors (Lipinski definition) is 3. The quantitative estimate of drug-likeness (QED) is 0.790. The van der Waals surface area contributed by atoms with E-state index in [-0.39, 0.29) is 18.4 Å². The molecule has 0 aliphatic carbocycles.